The van der Waals surface area contributed by atoms with Crippen LogP contribution < -0.4 is 5.32 Å². The summed E-state index contributed by atoms with van der Waals surface area (Å²) in [5.74, 6) is 0.404. The molecular formula is C12H15N5O. The van der Waals surface area contributed by atoms with Crippen LogP contribution in [0.25, 0.3) is 11.6 Å². The number of hydrogen-bond donors (Lipinski definition) is 1. The SMILES string of the molecule is c1cnc(-c2nnc(NC3CCCCC3)o2)cn1. The summed E-state index contributed by atoms with van der Waals surface area (Å²) in [6.45, 7) is 0. The molecule has 3 rings (SSSR count). The number of hydrogen-bond acceptors (Lipinski definition) is 6. The summed E-state index contributed by atoms with van der Waals surface area (Å²) in [6.07, 6.45) is 11.0. The van der Waals surface area contributed by atoms with Gasteiger partial charge in [0.15, 0.2) is 0 Å². The minimum atomic E-state index is 0.404. The third kappa shape index (κ3) is 2.47. The summed E-state index contributed by atoms with van der Waals surface area (Å²) >= 11 is 0. The van der Waals surface area contributed by atoms with Gasteiger partial charge >= 0.3 is 6.01 Å². The lowest BCUT2D eigenvalue weighted by Crippen LogP contribution is -2.22. The molecule has 2 aromatic heterocycles. The summed E-state index contributed by atoms with van der Waals surface area (Å²) in [7, 11) is 0. The average molecular weight is 245 g/mol. The molecule has 0 spiro atoms. The number of anilines is 1. The lowest BCUT2D eigenvalue weighted by molar-refractivity contribution is 0.449. The second-order valence-corrected chi connectivity index (χ2v) is 4.48. The molecule has 0 amide bonds. The van der Waals surface area contributed by atoms with E-state index in [-0.39, 0.29) is 0 Å². The molecule has 1 fully saturated rings. The molecule has 18 heavy (non-hydrogen) atoms. The van der Waals surface area contributed by atoms with Crippen molar-refractivity contribution >= 4 is 6.01 Å². The minimum Gasteiger partial charge on any atom is -0.402 e. The predicted octanol–water partition coefficient (Wildman–Crippen LogP) is 2.27. The zero-order valence-corrected chi connectivity index (χ0v) is 10.0. The van der Waals surface area contributed by atoms with E-state index < -0.39 is 0 Å². The first-order valence-corrected chi connectivity index (χ1v) is 6.28. The van der Waals surface area contributed by atoms with Gasteiger partial charge in [-0.15, -0.1) is 5.10 Å². The Morgan fingerprint density at radius 2 is 2.00 bits per heavy atom. The molecule has 6 nitrogen and oxygen atoms in total. The summed E-state index contributed by atoms with van der Waals surface area (Å²) < 4.78 is 5.54. The van der Waals surface area contributed by atoms with Crippen LogP contribution in [-0.4, -0.2) is 26.2 Å². The molecular weight excluding hydrogens is 230 g/mol. The van der Waals surface area contributed by atoms with Gasteiger partial charge in [-0.05, 0) is 12.8 Å². The fourth-order valence-corrected chi connectivity index (χ4v) is 2.22. The largest absolute Gasteiger partial charge is 0.402 e. The second-order valence-electron chi connectivity index (χ2n) is 4.48. The van der Waals surface area contributed by atoms with Crippen molar-refractivity contribution in [3.8, 4) is 11.6 Å². The Bertz CT molecular complexity index is 492. The Labute approximate surface area is 105 Å². The van der Waals surface area contributed by atoms with Crippen LogP contribution in [-0.2, 0) is 0 Å². The highest BCUT2D eigenvalue weighted by Crippen LogP contribution is 2.22. The smallest absolute Gasteiger partial charge is 0.316 e. The molecule has 1 N–H and O–H groups in total. The summed E-state index contributed by atoms with van der Waals surface area (Å²) in [4.78, 5) is 8.10. The molecule has 1 aliphatic carbocycles. The Hall–Kier alpha value is -1.98. The Balaban J connectivity index is 1.69. The lowest BCUT2D eigenvalue weighted by atomic mass is 9.96. The monoisotopic (exact) mass is 245 g/mol. The standard InChI is InChI=1S/C12H15N5O/c1-2-4-9(5-3-1)15-12-17-16-11(18-12)10-8-13-6-7-14-10/h6-9H,1-5H2,(H,15,17). The number of rotatable bonds is 3. The van der Waals surface area contributed by atoms with Crippen LogP contribution in [0.15, 0.2) is 23.0 Å². The van der Waals surface area contributed by atoms with Gasteiger partial charge in [0, 0.05) is 18.4 Å². The molecule has 0 bridgehead atoms. The van der Waals surface area contributed by atoms with Crippen molar-refractivity contribution in [3.05, 3.63) is 18.6 Å². The molecule has 2 aromatic rings. The maximum Gasteiger partial charge on any atom is 0.316 e. The van der Waals surface area contributed by atoms with Crippen molar-refractivity contribution in [3.63, 3.8) is 0 Å². The van der Waals surface area contributed by atoms with Gasteiger partial charge in [0.2, 0.25) is 0 Å². The molecule has 1 saturated carbocycles. The van der Waals surface area contributed by atoms with Crippen LogP contribution in [0.2, 0.25) is 0 Å². The Morgan fingerprint density at radius 1 is 1.11 bits per heavy atom. The molecule has 0 radical (unpaired) electrons. The van der Waals surface area contributed by atoms with E-state index in [4.69, 9.17) is 4.42 Å². The Kier molecular flexibility index (Phi) is 3.16. The van der Waals surface area contributed by atoms with Crippen LogP contribution >= 0.6 is 0 Å². The maximum absolute atomic E-state index is 5.54. The summed E-state index contributed by atoms with van der Waals surface area (Å²) in [6, 6.07) is 0.927. The summed E-state index contributed by atoms with van der Waals surface area (Å²) in [5.41, 5.74) is 0.599. The van der Waals surface area contributed by atoms with Gasteiger partial charge in [0.05, 0.1) is 6.20 Å². The quantitative estimate of drug-likeness (QED) is 0.893. The van der Waals surface area contributed by atoms with Gasteiger partial charge in [-0.2, -0.15) is 0 Å². The topological polar surface area (TPSA) is 76.7 Å². The third-order valence-corrected chi connectivity index (χ3v) is 3.14. The molecule has 6 heteroatoms. The van der Waals surface area contributed by atoms with E-state index in [1.165, 1.54) is 32.1 Å². The third-order valence-electron chi connectivity index (χ3n) is 3.14. The van der Waals surface area contributed by atoms with Crippen LogP contribution in [0.5, 0.6) is 0 Å². The van der Waals surface area contributed by atoms with Crippen molar-refractivity contribution in [2.45, 2.75) is 38.1 Å². The first kappa shape index (κ1) is 11.1. The molecule has 0 saturated heterocycles. The van der Waals surface area contributed by atoms with Crippen molar-refractivity contribution in [1.82, 2.24) is 20.2 Å². The molecule has 1 aliphatic rings. The highest BCUT2D eigenvalue weighted by Gasteiger charge is 2.16. The fraction of sp³-hybridized carbons (Fsp3) is 0.500. The van der Waals surface area contributed by atoms with E-state index in [1.54, 1.807) is 18.6 Å². The van der Waals surface area contributed by atoms with Crippen molar-refractivity contribution in [2.24, 2.45) is 0 Å². The van der Waals surface area contributed by atoms with Gasteiger partial charge in [-0.3, -0.25) is 4.98 Å². The first-order valence-electron chi connectivity index (χ1n) is 6.28. The van der Waals surface area contributed by atoms with Gasteiger partial charge in [0.25, 0.3) is 5.89 Å². The molecule has 0 aromatic carbocycles. The first-order chi connectivity index (χ1) is 8.92. The van der Waals surface area contributed by atoms with Crippen molar-refractivity contribution < 1.29 is 4.42 Å². The number of aromatic nitrogens is 4. The zero-order chi connectivity index (χ0) is 12.2. The highest BCUT2D eigenvalue weighted by atomic mass is 16.4. The average Bonchev–Trinajstić information content (AvgIpc) is 2.89. The number of nitrogens with one attached hydrogen (secondary N) is 1. The molecule has 0 atom stereocenters. The zero-order valence-electron chi connectivity index (χ0n) is 10.0. The van der Waals surface area contributed by atoms with Crippen LogP contribution in [0.1, 0.15) is 32.1 Å². The lowest BCUT2D eigenvalue weighted by Gasteiger charge is -2.21. The van der Waals surface area contributed by atoms with Gasteiger partial charge in [-0.1, -0.05) is 24.4 Å². The van der Waals surface area contributed by atoms with Gasteiger partial charge in [0.1, 0.15) is 5.69 Å². The normalized spacial score (nSPS) is 16.7. The fourth-order valence-electron chi connectivity index (χ4n) is 2.22. The summed E-state index contributed by atoms with van der Waals surface area (Å²) in [5, 5.41) is 11.2. The number of nitrogens with zero attached hydrogens (tertiary/aromatic N) is 4. The van der Waals surface area contributed by atoms with Crippen molar-refractivity contribution in [2.75, 3.05) is 5.32 Å². The van der Waals surface area contributed by atoms with Crippen LogP contribution in [0, 0.1) is 0 Å². The van der Waals surface area contributed by atoms with Gasteiger partial charge in [-0.25, -0.2) is 4.98 Å². The maximum atomic E-state index is 5.54. The minimum absolute atomic E-state index is 0.404. The van der Waals surface area contributed by atoms with Crippen LogP contribution in [0.4, 0.5) is 6.01 Å². The van der Waals surface area contributed by atoms with E-state index in [0.717, 1.165) is 0 Å². The molecule has 94 valence electrons. The van der Waals surface area contributed by atoms with Crippen molar-refractivity contribution in [1.29, 1.82) is 0 Å². The molecule has 2 heterocycles. The Morgan fingerprint density at radius 3 is 2.78 bits per heavy atom. The highest BCUT2D eigenvalue weighted by molar-refractivity contribution is 5.45. The molecule has 0 aliphatic heterocycles. The van der Waals surface area contributed by atoms with E-state index in [1.807, 2.05) is 0 Å². The van der Waals surface area contributed by atoms with Crippen LogP contribution in [0.3, 0.4) is 0 Å². The van der Waals surface area contributed by atoms with E-state index >= 15 is 0 Å². The molecule has 0 unspecified atom stereocenters. The van der Waals surface area contributed by atoms with Gasteiger partial charge < -0.3 is 9.73 Å². The second kappa shape index (κ2) is 5.12. The van der Waals surface area contributed by atoms with E-state index in [9.17, 15) is 0 Å². The van der Waals surface area contributed by atoms with E-state index in [2.05, 4.69) is 25.5 Å². The predicted molar refractivity (Wildman–Crippen MR) is 65.8 cm³/mol. The van der Waals surface area contributed by atoms with E-state index in [0.29, 0.717) is 23.6 Å².